The van der Waals surface area contributed by atoms with Gasteiger partial charge in [0.15, 0.2) is 0 Å². The molecule has 0 saturated carbocycles. The molecule has 0 amide bonds. The Balaban J connectivity index is 5.05. The van der Waals surface area contributed by atoms with Crippen LogP contribution in [0, 0.1) is 22.7 Å². The second kappa shape index (κ2) is 6.63. The second-order valence-electron chi connectivity index (χ2n) is 7.11. The summed E-state index contributed by atoms with van der Waals surface area (Å²) in [4.78, 5) is 0. The third kappa shape index (κ3) is 3.76. The lowest BCUT2D eigenvalue weighted by Crippen LogP contribution is -2.43. The molecule has 0 saturated heterocycles. The van der Waals surface area contributed by atoms with Gasteiger partial charge in [0.2, 0.25) is 0 Å². The third-order valence-corrected chi connectivity index (χ3v) is 4.82. The van der Waals surface area contributed by atoms with E-state index < -0.39 is 0 Å². The molecule has 0 bridgehead atoms. The fraction of sp³-hybridized carbons (Fsp3) is 0.882. The molecule has 0 radical (unpaired) electrons. The summed E-state index contributed by atoms with van der Waals surface area (Å²) < 4.78 is 5.95. The van der Waals surface area contributed by atoms with Crippen LogP contribution in [0.5, 0.6) is 0 Å². The fourth-order valence-corrected chi connectivity index (χ4v) is 2.51. The summed E-state index contributed by atoms with van der Waals surface area (Å²) in [6, 6.07) is 0. The van der Waals surface area contributed by atoms with Crippen molar-refractivity contribution in [1.29, 1.82) is 0 Å². The topological polar surface area (TPSA) is 9.23 Å². The van der Waals surface area contributed by atoms with Crippen LogP contribution in [0.15, 0.2) is 12.3 Å². The van der Waals surface area contributed by atoms with Crippen LogP contribution in [0.25, 0.3) is 0 Å². The van der Waals surface area contributed by atoms with E-state index in [1.54, 1.807) is 0 Å². The van der Waals surface area contributed by atoms with E-state index in [0.717, 1.165) is 18.8 Å². The van der Waals surface area contributed by atoms with E-state index in [-0.39, 0.29) is 10.8 Å². The van der Waals surface area contributed by atoms with Crippen LogP contribution < -0.4 is 0 Å². The van der Waals surface area contributed by atoms with Gasteiger partial charge in [-0.2, -0.15) is 0 Å². The highest BCUT2D eigenvalue weighted by Gasteiger charge is 2.46. The monoisotopic (exact) mass is 254 g/mol. The molecule has 1 heteroatoms. The molecule has 0 rings (SSSR count). The van der Waals surface area contributed by atoms with Gasteiger partial charge in [-0.1, -0.05) is 68.4 Å². The minimum atomic E-state index is 0.00884. The van der Waals surface area contributed by atoms with Crippen LogP contribution in [0.1, 0.15) is 68.2 Å². The number of hydrogen-bond acceptors (Lipinski definition) is 1. The highest BCUT2D eigenvalue weighted by Crippen LogP contribution is 2.51. The molecule has 0 aliphatic rings. The summed E-state index contributed by atoms with van der Waals surface area (Å²) in [7, 11) is 0. The Morgan fingerprint density at radius 3 is 1.94 bits per heavy atom. The Morgan fingerprint density at radius 2 is 1.61 bits per heavy atom. The lowest BCUT2D eigenvalue weighted by atomic mass is 9.58. The molecule has 1 nitrogen and oxygen atoms in total. The smallest absolute Gasteiger partial charge is 0.0954 e. The Kier molecular flexibility index (Phi) is 6.46. The number of ether oxygens (including phenoxy) is 1. The predicted octanol–water partition coefficient (Wildman–Crippen LogP) is 5.66. The largest absolute Gasteiger partial charge is 0.498 e. The molecule has 0 heterocycles. The third-order valence-electron chi connectivity index (χ3n) is 4.82. The van der Waals surface area contributed by atoms with Crippen molar-refractivity contribution < 1.29 is 4.74 Å². The highest BCUT2D eigenvalue weighted by atomic mass is 16.5. The van der Waals surface area contributed by atoms with E-state index in [0.29, 0.717) is 11.8 Å². The molecule has 0 fully saturated rings. The first-order valence-corrected chi connectivity index (χ1v) is 7.41. The van der Waals surface area contributed by atoms with Crippen molar-refractivity contribution >= 4 is 0 Å². The lowest BCUT2D eigenvalue weighted by Gasteiger charge is -2.48. The second-order valence-corrected chi connectivity index (χ2v) is 7.11. The van der Waals surface area contributed by atoms with Gasteiger partial charge in [-0.15, -0.1) is 0 Å². The molecular weight excluding hydrogens is 220 g/mol. The van der Waals surface area contributed by atoms with Crippen LogP contribution in [-0.2, 0) is 4.74 Å². The van der Waals surface area contributed by atoms with E-state index in [9.17, 15) is 0 Å². The summed E-state index contributed by atoms with van der Waals surface area (Å²) in [5.41, 5.74) is 0.162. The zero-order valence-corrected chi connectivity index (χ0v) is 13.9. The Labute approximate surface area is 115 Å². The van der Waals surface area contributed by atoms with Gasteiger partial charge < -0.3 is 4.74 Å². The Morgan fingerprint density at radius 1 is 1.11 bits per heavy atom. The van der Waals surface area contributed by atoms with Gasteiger partial charge >= 0.3 is 0 Å². The van der Waals surface area contributed by atoms with Crippen LogP contribution in [0.4, 0.5) is 0 Å². The van der Waals surface area contributed by atoms with Crippen molar-refractivity contribution in [2.75, 3.05) is 6.61 Å². The first kappa shape index (κ1) is 17.5. The van der Waals surface area contributed by atoms with E-state index in [4.69, 9.17) is 4.74 Å². The maximum absolute atomic E-state index is 5.95. The molecule has 0 N–H and O–H groups in total. The van der Waals surface area contributed by atoms with Crippen molar-refractivity contribution in [2.24, 2.45) is 22.7 Å². The van der Waals surface area contributed by atoms with E-state index in [1.165, 1.54) is 6.42 Å². The summed E-state index contributed by atoms with van der Waals surface area (Å²) in [6.07, 6.45) is 2.27. The van der Waals surface area contributed by atoms with Gasteiger partial charge in [-0.25, -0.2) is 0 Å². The number of unbranched alkanes of at least 4 members (excludes halogenated alkanes) is 1. The van der Waals surface area contributed by atoms with Crippen LogP contribution >= 0.6 is 0 Å². The first-order chi connectivity index (χ1) is 8.09. The van der Waals surface area contributed by atoms with Crippen molar-refractivity contribution in [3.8, 4) is 0 Å². The minimum absolute atomic E-state index is 0.00884. The Hall–Kier alpha value is -0.460. The van der Waals surface area contributed by atoms with Gasteiger partial charge in [0.1, 0.15) is 0 Å². The molecule has 2 atom stereocenters. The molecule has 0 aromatic rings. The number of hydrogen-bond donors (Lipinski definition) is 0. The van der Waals surface area contributed by atoms with Gasteiger partial charge in [0.05, 0.1) is 12.4 Å². The average Bonchev–Trinajstić information content (AvgIpc) is 2.25. The van der Waals surface area contributed by atoms with Crippen molar-refractivity contribution in [3.63, 3.8) is 0 Å². The average molecular weight is 254 g/mol. The maximum Gasteiger partial charge on any atom is 0.0954 e. The van der Waals surface area contributed by atoms with Crippen molar-refractivity contribution in [2.45, 2.75) is 68.2 Å². The summed E-state index contributed by atoms with van der Waals surface area (Å²) in [6.45, 7) is 23.3. The lowest BCUT2D eigenvalue weighted by molar-refractivity contribution is -0.00616. The summed E-state index contributed by atoms with van der Waals surface area (Å²) in [5.74, 6) is 2.14. The standard InChI is InChI=1S/C17H34O/c1-10-11-12-18-15(5)17(9,16(6,7)8)14(4)13(2)3/h13-14H,5,10-12H2,1-4,6-9H3. The van der Waals surface area contributed by atoms with Gasteiger partial charge in [-0.3, -0.25) is 0 Å². The molecule has 0 aliphatic carbocycles. The van der Waals surface area contributed by atoms with Crippen LogP contribution in [0.2, 0.25) is 0 Å². The molecule has 108 valence electrons. The molecule has 0 spiro atoms. The number of rotatable bonds is 7. The SMILES string of the molecule is C=C(OCCCC)C(C)(C(C)C(C)C)C(C)(C)C. The minimum Gasteiger partial charge on any atom is -0.498 e. The molecule has 0 aliphatic heterocycles. The van der Waals surface area contributed by atoms with E-state index in [2.05, 4.69) is 62.0 Å². The molecule has 2 unspecified atom stereocenters. The molecule has 18 heavy (non-hydrogen) atoms. The van der Waals surface area contributed by atoms with Gasteiger partial charge in [0.25, 0.3) is 0 Å². The van der Waals surface area contributed by atoms with Crippen LogP contribution in [-0.4, -0.2) is 6.61 Å². The zero-order valence-electron chi connectivity index (χ0n) is 13.9. The normalized spacial score (nSPS) is 17.4. The zero-order chi connectivity index (χ0) is 14.6. The first-order valence-electron chi connectivity index (χ1n) is 7.41. The maximum atomic E-state index is 5.95. The Bertz CT molecular complexity index is 259. The quantitative estimate of drug-likeness (QED) is 0.420. The predicted molar refractivity (Wildman–Crippen MR) is 81.6 cm³/mol. The van der Waals surface area contributed by atoms with E-state index in [1.807, 2.05) is 0 Å². The van der Waals surface area contributed by atoms with Crippen molar-refractivity contribution in [1.82, 2.24) is 0 Å². The number of allylic oxidation sites excluding steroid dienone is 1. The van der Waals surface area contributed by atoms with E-state index >= 15 is 0 Å². The highest BCUT2D eigenvalue weighted by molar-refractivity contribution is 5.10. The summed E-state index contributed by atoms with van der Waals surface area (Å²) >= 11 is 0. The molecule has 0 aromatic heterocycles. The van der Waals surface area contributed by atoms with Gasteiger partial charge in [-0.05, 0) is 23.7 Å². The molecule has 0 aromatic carbocycles. The van der Waals surface area contributed by atoms with Crippen LogP contribution in [0.3, 0.4) is 0 Å². The van der Waals surface area contributed by atoms with Crippen molar-refractivity contribution in [3.05, 3.63) is 12.3 Å². The van der Waals surface area contributed by atoms with Gasteiger partial charge in [0, 0.05) is 5.41 Å². The summed E-state index contributed by atoms with van der Waals surface area (Å²) in [5, 5.41) is 0. The fourth-order valence-electron chi connectivity index (χ4n) is 2.51. The molecular formula is C17H34O.